The first kappa shape index (κ1) is 33.7. The molecule has 3 aromatic rings. The molecule has 1 aliphatic carbocycles. The number of halogens is 3. The largest absolute Gasteiger partial charge is 0.444 e. The van der Waals surface area contributed by atoms with E-state index in [9.17, 15) is 27.6 Å². The van der Waals surface area contributed by atoms with Crippen LogP contribution in [0.3, 0.4) is 0 Å². The molecular formula is C34H39F3N6O4. The molecule has 3 amide bonds. The number of nitrogens with zero attached hydrogens (tertiary/aromatic N) is 4. The molecule has 2 N–H and O–H groups in total. The third-order valence-corrected chi connectivity index (χ3v) is 8.01. The van der Waals surface area contributed by atoms with Crippen molar-refractivity contribution < 1.29 is 32.3 Å². The van der Waals surface area contributed by atoms with Gasteiger partial charge in [-0.2, -0.15) is 13.2 Å². The van der Waals surface area contributed by atoms with Crippen LogP contribution in [0.5, 0.6) is 0 Å². The van der Waals surface area contributed by atoms with E-state index in [1.54, 1.807) is 58.0 Å². The second-order valence-corrected chi connectivity index (χ2v) is 12.9. The van der Waals surface area contributed by atoms with Gasteiger partial charge in [0.2, 0.25) is 11.7 Å². The number of anilines is 1. The minimum atomic E-state index is -4.55. The van der Waals surface area contributed by atoms with Crippen LogP contribution >= 0.6 is 0 Å². The fourth-order valence-electron chi connectivity index (χ4n) is 5.33. The van der Waals surface area contributed by atoms with Gasteiger partial charge in [-0.3, -0.25) is 9.59 Å². The zero-order valence-corrected chi connectivity index (χ0v) is 26.9. The number of hydrogen-bond acceptors (Lipinski definition) is 7. The number of amides is 3. The maximum Gasteiger partial charge on any atom is 0.416 e. The molecule has 1 atom stereocenters. The Morgan fingerprint density at radius 2 is 1.66 bits per heavy atom. The Bertz CT molecular complexity index is 1610. The molecule has 0 bridgehead atoms. The van der Waals surface area contributed by atoms with Crippen molar-refractivity contribution >= 4 is 23.7 Å². The van der Waals surface area contributed by atoms with Crippen LogP contribution in [0.25, 0.3) is 11.1 Å². The summed E-state index contributed by atoms with van der Waals surface area (Å²) in [5.74, 6) is 0.548. The van der Waals surface area contributed by atoms with Crippen LogP contribution < -0.4 is 15.5 Å². The van der Waals surface area contributed by atoms with Gasteiger partial charge in [0.1, 0.15) is 11.4 Å². The highest BCUT2D eigenvalue weighted by molar-refractivity contribution is 5.91. The van der Waals surface area contributed by atoms with Gasteiger partial charge in [0.15, 0.2) is 0 Å². The summed E-state index contributed by atoms with van der Waals surface area (Å²) in [6, 6.07) is 11.5. The van der Waals surface area contributed by atoms with Gasteiger partial charge in [-0.25, -0.2) is 14.8 Å². The monoisotopic (exact) mass is 652 g/mol. The van der Waals surface area contributed by atoms with E-state index in [1.807, 2.05) is 9.80 Å². The van der Waals surface area contributed by atoms with Crippen molar-refractivity contribution in [3.05, 3.63) is 77.2 Å². The highest BCUT2D eigenvalue weighted by Crippen LogP contribution is 2.35. The number of piperazine rings is 1. The zero-order valence-electron chi connectivity index (χ0n) is 26.9. The van der Waals surface area contributed by atoms with E-state index in [0.717, 1.165) is 30.5 Å². The van der Waals surface area contributed by atoms with Crippen molar-refractivity contribution in [2.24, 2.45) is 5.92 Å². The molecule has 1 saturated heterocycles. The molecule has 1 saturated carbocycles. The lowest BCUT2D eigenvalue weighted by Gasteiger charge is -2.35. The third kappa shape index (κ3) is 8.78. The van der Waals surface area contributed by atoms with Gasteiger partial charge in [0.25, 0.3) is 5.91 Å². The summed E-state index contributed by atoms with van der Waals surface area (Å²) < 4.78 is 46.0. The molecule has 5 rings (SSSR count). The highest BCUT2D eigenvalue weighted by atomic mass is 19.4. The van der Waals surface area contributed by atoms with Crippen LogP contribution in [0.4, 0.5) is 23.8 Å². The van der Waals surface area contributed by atoms with Gasteiger partial charge in [0.05, 0.1) is 11.6 Å². The molecule has 0 spiro atoms. The third-order valence-electron chi connectivity index (χ3n) is 8.01. The molecule has 0 radical (unpaired) electrons. The van der Waals surface area contributed by atoms with Gasteiger partial charge in [-0.1, -0.05) is 30.3 Å². The summed E-state index contributed by atoms with van der Waals surface area (Å²) in [5, 5.41) is 5.50. The molecule has 47 heavy (non-hydrogen) atoms. The average Bonchev–Trinajstić information content (AvgIpc) is 3.88. The number of nitrogens with one attached hydrogen (secondary N) is 2. The Morgan fingerprint density at radius 3 is 2.28 bits per heavy atom. The zero-order chi connectivity index (χ0) is 33.9. The summed E-state index contributed by atoms with van der Waals surface area (Å²) in [5.41, 5.74) is 0.476. The quantitative estimate of drug-likeness (QED) is 0.319. The second-order valence-electron chi connectivity index (χ2n) is 12.9. The molecule has 2 aromatic carbocycles. The minimum absolute atomic E-state index is 0.00792. The highest BCUT2D eigenvalue weighted by Gasteiger charge is 2.35. The first-order valence-electron chi connectivity index (χ1n) is 15.6. The first-order valence-corrected chi connectivity index (χ1v) is 15.6. The van der Waals surface area contributed by atoms with Crippen LogP contribution in [-0.4, -0.2) is 64.6 Å². The predicted octanol–water partition coefficient (Wildman–Crippen LogP) is 5.74. The van der Waals surface area contributed by atoms with Crippen molar-refractivity contribution in [1.29, 1.82) is 0 Å². The molecule has 250 valence electrons. The van der Waals surface area contributed by atoms with Crippen LogP contribution in [0.15, 0.2) is 54.7 Å². The lowest BCUT2D eigenvalue weighted by molar-refractivity contribution is -0.137. The molecule has 1 aromatic heterocycles. The topological polar surface area (TPSA) is 117 Å². The van der Waals surface area contributed by atoms with Crippen LogP contribution in [-0.2, 0) is 22.3 Å². The summed E-state index contributed by atoms with van der Waals surface area (Å²) >= 11 is 0. The fraction of sp³-hybridized carbons (Fsp3) is 0.441. The maximum absolute atomic E-state index is 13.6. The first-order chi connectivity index (χ1) is 22.2. The van der Waals surface area contributed by atoms with Crippen molar-refractivity contribution in [3.63, 3.8) is 0 Å². The van der Waals surface area contributed by atoms with Crippen molar-refractivity contribution in [2.45, 2.75) is 64.9 Å². The van der Waals surface area contributed by atoms with E-state index in [4.69, 9.17) is 4.74 Å². The Morgan fingerprint density at radius 1 is 0.979 bits per heavy atom. The SMILES string of the molecule is C[C@@H](NC(=O)c1nccc(N2CCN(C(=O)C3CC3)CC2)n1)c1ccc(-c2cc(C(F)(F)F)ccc2CNC(=O)OC(C)(C)C)cc1. The fourth-order valence-corrected chi connectivity index (χ4v) is 5.33. The van der Waals surface area contributed by atoms with E-state index >= 15 is 0 Å². The minimum Gasteiger partial charge on any atom is -0.444 e. The summed E-state index contributed by atoms with van der Waals surface area (Å²) in [6.45, 7) is 9.34. The molecule has 2 heterocycles. The van der Waals surface area contributed by atoms with E-state index in [0.29, 0.717) is 48.7 Å². The average molecular weight is 653 g/mol. The van der Waals surface area contributed by atoms with Gasteiger partial charge in [-0.05, 0) is 81.0 Å². The number of benzene rings is 2. The van der Waals surface area contributed by atoms with E-state index in [1.165, 1.54) is 12.3 Å². The molecule has 0 unspecified atom stereocenters. The number of carbonyl (C=O) groups is 3. The number of alkyl halides is 3. The van der Waals surface area contributed by atoms with Crippen molar-refractivity contribution in [3.8, 4) is 11.1 Å². The standard InChI is InChI=1S/C34H39F3N6O4/c1-21(40-30(44)29-38-14-13-28(41-29)42-15-17-43(18-16-42)31(45)24-9-10-24)22-5-7-23(8-6-22)27-19-26(34(35,36)37)12-11-25(27)20-39-32(46)47-33(2,3)4/h5-8,11-14,19,21,24H,9-10,15-18,20H2,1-4H3,(H,39,46)(H,40,44)/t21-/m1/s1. The van der Waals surface area contributed by atoms with Crippen LogP contribution in [0, 0.1) is 5.92 Å². The lowest BCUT2D eigenvalue weighted by Crippen LogP contribution is -2.49. The van der Waals surface area contributed by atoms with E-state index < -0.39 is 35.4 Å². The summed E-state index contributed by atoms with van der Waals surface area (Å²) in [4.78, 5) is 50.2. The lowest BCUT2D eigenvalue weighted by atomic mass is 9.95. The predicted molar refractivity (Wildman–Crippen MR) is 169 cm³/mol. The van der Waals surface area contributed by atoms with Gasteiger partial charge in [0, 0.05) is 44.8 Å². The maximum atomic E-state index is 13.6. The molecule has 10 nitrogen and oxygen atoms in total. The van der Waals surface area contributed by atoms with Gasteiger partial charge in [-0.15, -0.1) is 0 Å². The Kier molecular flexibility index (Phi) is 9.73. The Hall–Kier alpha value is -4.68. The van der Waals surface area contributed by atoms with Crippen LogP contribution in [0.1, 0.15) is 73.9 Å². The number of rotatable bonds is 8. The van der Waals surface area contributed by atoms with E-state index in [-0.39, 0.29) is 24.2 Å². The number of ether oxygens (including phenoxy) is 1. The Labute approximate surface area is 271 Å². The van der Waals surface area contributed by atoms with E-state index in [2.05, 4.69) is 20.6 Å². The molecular weight excluding hydrogens is 613 g/mol. The molecule has 2 fully saturated rings. The van der Waals surface area contributed by atoms with Crippen molar-refractivity contribution in [2.75, 3.05) is 31.1 Å². The molecule has 2 aliphatic rings. The smallest absolute Gasteiger partial charge is 0.416 e. The van der Waals surface area contributed by atoms with Crippen molar-refractivity contribution in [1.82, 2.24) is 25.5 Å². The molecule has 13 heteroatoms. The number of alkyl carbamates (subject to hydrolysis) is 1. The number of carbonyl (C=O) groups excluding carboxylic acids is 3. The number of aromatic nitrogens is 2. The summed E-state index contributed by atoms with van der Waals surface area (Å²) in [7, 11) is 0. The number of hydrogen-bond donors (Lipinski definition) is 2. The van der Waals surface area contributed by atoms with Gasteiger partial charge < -0.3 is 25.2 Å². The second kappa shape index (κ2) is 13.6. The Balaban J connectivity index is 1.24. The van der Waals surface area contributed by atoms with Crippen LogP contribution in [0.2, 0.25) is 0 Å². The normalized spacial score (nSPS) is 16.0. The molecule has 1 aliphatic heterocycles. The summed E-state index contributed by atoms with van der Waals surface area (Å²) in [6.07, 6.45) is -1.76. The van der Waals surface area contributed by atoms with Gasteiger partial charge >= 0.3 is 12.3 Å².